The predicted octanol–water partition coefficient (Wildman–Crippen LogP) is 0.584. The van der Waals surface area contributed by atoms with Crippen molar-refractivity contribution in [1.82, 2.24) is 0 Å². The van der Waals surface area contributed by atoms with E-state index in [4.69, 9.17) is 10.2 Å². The van der Waals surface area contributed by atoms with Crippen molar-refractivity contribution in [1.29, 1.82) is 0 Å². The summed E-state index contributed by atoms with van der Waals surface area (Å²) < 4.78 is 11.2. The van der Waals surface area contributed by atoms with E-state index in [0.717, 1.165) is 0 Å². The first-order valence-electron chi connectivity index (χ1n) is 3.49. The maximum absolute atomic E-state index is 11.2. The van der Waals surface area contributed by atoms with E-state index >= 15 is 0 Å². The molecule has 70 valence electrons. The molecule has 0 aliphatic carbocycles. The Hall–Kier alpha value is -1.36. The van der Waals surface area contributed by atoms with Crippen molar-refractivity contribution in [2.24, 2.45) is 0 Å². The summed E-state index contributed by atoms with van der Waals surface area (Å²) in [6, 6.07) is 5.62. The van der Waals surface area contributed by atoms with E-state index in [2.05, 4.69) is 0 Å². The Morgan fingerprint density at radius 1 is 1.31 bits per heavy atom. The van der Waals surface area contributed by atoms with Crippen LogP contribution in [0, 0.1) is 0 Å². The molecule has 0 amide bonds. The van der Waals surface area contributed by atoms with Gasteiger partial charge in [-0.15, -0.1) is 0 Å². The van der Waals surface area contributed by atoms with Crippen molar-refractivity contribution in [3.05, 3.63) is 24.3 Å². The van der Waals surface area contributed by atoms with E-state index in [0.29, 0.717) is 4.90 Å². The average Bonchev–Trinajstić information content (AvgIpc) is 2.04. The zero-order valence-corrected chi connectivity index (χ0v) is 7.45. The number of aliphatic carboxylic acids is 1. The fraction of sp³-hybridized carbons (Fsp3) is 0.125. The van der Waals surface area contributed by atoms with E-state index in [-0.39, 0.29) is 5.75 Å². The first-order chi connectivity index (χ1) is 6.09. The summed E-state index contributed by atoms with van der Waals surface area (Å²) >= 11 is 0. The third kappa shape index (κ3) is 2.87. The van der Waals surface area contributed by atoms with Crippen LogP contribution in [-0.2, 0) is 15.6 Å². The number of carbonyl (C=O) groups is 1. The molecule has 0 aliphatic rings. The minimum Gasteiger partial charge on any atom is -0.508 e. The number of carboxylic acid groups (broad SMARTS) is 1. The van der Waals surface area contributed by atoms with Gasteiger partial charge in [-0.05, 0) is 24.3 Å². The molecular formula is C8H8O4S. The Morgan fingerprint density at radius 3 is 2.31 bits per heavy atom. The van der Waals surface area contributed by atoms with Crippen LogP contribution in [0.1, 0.15) is 0 Å². The third-order valence-corrected chi connectivity index (χ3v) is 2.66. The molecule has 0 bridgehead atoms. The lowest BCUT2D eigenvalue weighted by atomic mass is 10.3. The lowest BCUT2D eigenvalue weighted by Gasteiger charge is -1.98. The first-order valence-corrected chi connectivity index (χ1v) is 4.80. The lowest BCUT2D eigenvalue weighted by Crippen LogP contribution is -2.08. The van der Waals surface area contributed by atoms with Gasteiger partial charge in [-0.3, -0.25) is 9.00 Å². The number of phenolic OH excluding ortho intramolecular Hbond substituents is 1. The molecular weight excluding hydrogens is 192 g/mol. The summed E-state index contributed by atoms with van der Waals surface area (Å²) in [5.74, 6) is -1.45. The zero-order chi connectivity index (χ0) is 9.84. The van der Waals surface area contributed by atoms with Gasteiger partial charge in [-0.2, -0.15) is 0 Å². The molecule has 0 radical (unpaired) electrons. The molecule has 1 unspecified atom stereocenters. The van der Waals surface area contributed by atoms with Crippen LogP contribution in [0.5, 0.6) is 5.75 Å². The Labute approximate surface area is 77.3 Å². The van der Waals surface area contributed by atoms with Gasteiger partial charge in [0, 0.05) is 4.90 Å². The van der Waals surface area contributed by atoms with Gasteiger partial charge in [0.05, 0.1) is 10.8 Å². The van der Waals surface area contributed by atoms with Crippen molar-refractivity contribution in [3.63, 3.8) is 0 Å². The molecule has 5 heteroatoms. The molecule has 0 saturated carbocycles. The molecule has 0 fully saturated rings. The van der Waals surface area contributed by atoms with Crippen LogP contribution in [0.3, 0.4) is 0 Å². The Morgan fingerprint density at radius 2 is 1.85 bits per heavy atom. The van der Waals surface area contributed by atoms with Gasteiger partial charge >= 0.3 is 5.97 Å². The SMILES string of the molecule is O=C(O)CS(=O)c1ccc(O)cc1. The van der Waals surface area contributed by atoms with Crippen molar-refractivity contribution >= 4 is 16.8 Å². The quantitative estimate of drug-likeness (QED) is 0.748. The highest BCUT2D eigenvalue weighted by molar-refractivity contribution is 7.85. The van der Waals surface area contributed by atoms with Crippen LogP contribution in [0.15, 0.2) is 29.2 Å². The highest BCUT2D eigenvalue weighted by Crippen LogP contribution is 2.12. The summed E-state index contributed by atoms with van der Waals surface area (Å²) in [4.78, 5) is 10.6. The molecule has 0 heterocycles. The van der Waals surface area contributed by atoms with Crippen molar-refractivity contribution in [3.8, 4) is 5.75 Å². The number of rotatable bonds is 3. The number of benzene rings is 1. The number of aromatic hydroxyl groups is 1. The summed E-state index contributed by atoms with van der Waals surface area (Å²) in [6.07, 6.45) is 0. The number of carboxylic acids is 1. The second kappa shape index (κ2) is 4.04. The smallest absolute Gasteiger partial charge is 0.316 e. The molecule has 0 aromatic heterocycles. The van der Waals surface area contributed by atoms with Gasteiger partial charge in [0.2, 0.25) is 0 Å². The summed E-state index contributed by atoms with van der Waals surface area (Å²) in [5.41, 5.74) is 0. The topological polar surface area (TPSA) is 74.6 Å². The van der Waals surface area contributed by atoms with Gasteiger partial charge in [-0.25, -0.2) is 0 Å². The molecule has 13 heavy (non-hydrogen) atoms. The van der Waals surface area contributed by atoms with E-state index in [1.807, 2.05) is 0 Å². The molecule has 2 N–H and O–H groups in total. The van der Waals surface area contributed by atoms with Gasteiger partial charge < -0.3 is 10.2 Å². The maximum atomic E-state index is 11.2. The molecule has 0 aliphatic heterocycles. The second-order valence-electron chi connectivity index (χ2n) is 2.38. The molecule has 1 rings (SSSR count). The highest BCUT2D eigenvalue weighted by atomic mass is 32.2. The fourth-order valence-electron chi connectivity index (χ4n) is 0.793. The Kier molecular flexibility index (Phi) is 3.02. The van der Waals surface area contributed by atoms with E-state index in [1.54, 1.807) is 0 Å². The predicted molar refractivity (Wildman–Crippen MR) is 47.0 cm³/mol. The number of phenols is 1. The maximum Gasteiger partial charge on any atom is 0.316 e. The third-order valence-electron chi connectivity index (χ3n) is 1.35. The van der Waals surface area contributed by atoms with Crippen LogP contribution in [0.25, 0.3) is 0 Å². The molecule has 1 aromatic rings. The normalized spacial score (nSPS) is 12.3. The Bertz CT molecular complexity index is 331. The number of hydrogen-bond donors (Lipinski definition) is 2. The second-order valence-corrected chi connectivity index (χ2v) is 3.83. The van der Waals surface area contributed by atoms with E-state index < -0.39 is 22.5 Å². The fourth-order valence-corrected chi connectivity index (χ4v) is 1.62. The van der Waals surface area contributed by atoms with Gasteiger partial charge in [0.25, 0.3) is 0 Å². The van der Waals surface area contributed by atoms with Crippen LogP contribution in [0.4, 0.5) is 0 Å². The Balaban J connectivity index is 2.78. The number of hydrogen-bond acceptors (Lipinski definition) is 3. The summed E-state index contributed by atoms with van der Waals surface area (Å²) in [5, 5.41) is 17.3. The van der Waals surface area contributed by atoms with Crippen LogP contribution in [-0.4, -0.2) is 26.1 Å². The highest BCUT2D eigenvalue weighted by Gasteiger charge is 2.07. The lowest BCUT2D eigenvalue weighted by molar-refractivity contribution is -0.133. The summed E-state index contributed by atoms with van der Waals surface area (Å²) in [7, 11) is -1.53. The molecule has 4 nitrogen and oxygen atoms in total. The largest absolute Gasteiger partial charge is 0.508 e. The molecule has 0 saturated heterocycles. The molecule has 0 spiro atoms. The standard InChI is InChI=1S/C8H8O4S/c9-6-1-3-7(4-2-6)13(12)5-8(10)11/h1-4,9H,5H2,(H,10,11). The van der Waals surface area contributed by atoms with Gasteiger partial charge in [0.1, 0.15) is 11.5 Å². The minimum absolute atomic E-state index is 0.0658. The first kappa shape index (κ1) is 9.73. The average molecular weight is 200 g/mol. The van der Waals surface area contributed by atoms with Crippen molar-refractivity contribution in [2.75, 3.05) is 5.75 Å². The minimum atomic E-state index is -1.53. The summed E-state index contributed by atoms with van der Waals surface area (Å²) in [6.45, 7) is 0. The monoisotopic (exact) mass is 200 g/mol. The zero-order valence-electron chi connectivity index (χ0n) is 6.64. The van der Waals surface area contributed by atoms with Crippen LogP contribution < -0.4 is 0 Å². The van der Waals surface area contributed by atoms with E-state index in [1.165, 1.54) is 24.3 Å². The van der Waals surface area contributed by atoms with Crippen LogP contribution >= 0.6 is 0 Å². The van der Waals surface area contributed by atoms with Gasteiger partial charge in [0.15, 0.2) is 0 Å². The van der Waals surface area contributed by atoms with Crippen LogP contribution in [0.2, 0.25) is 0 Å². The van der Waals surface area contributed by atoms with E-state index in [9.17, 15) is 9.00 Å². The van der Waals surface area contributed by atoms with Crippen molar-refractivity contribution < 1.29 is 19.2 Å². The van der Waals surface area contributed by atoms with Crippen molar-refractivity contribution in [2.45, 2.75) is 4.90 Å². The molecule has 1 aromatic carbocycles. The van der Waals surface area contributed by atoms with Gasteiger partial charge in [-0.1, -0.05) is 0 Å². The molecule has 1 atom stereocenters.